The van der Waals surface area contributed by atoms with Gasteiger partial charge >= 0.3 is 0 Å². The molecule has 5 heteroatoms. The van der Waals surface area contributed by atoms with E-state index in [2.05, 4.69) is 4.90 Å². The van der Waals surface area contributed by atoms with Crippen molar-refractivity contribution in [3.63, 3.8) is 0 Å². The number of nitrogens with zero attached hydrogens (tertiary/aromatic N) is 1. The van der Waals surface area contributed by atoms with E-state index in [1.165, 1.54) is 6.26 Å². The summed E-state index contributed by atoms with van der Waals surface area (Å²) in [6.07, 6.45) is 3.53. The zero-order valence-electron chi connectivity index (χ0n) is 8.07. The van der Waals surface area contributed by atoms with Gasteiger partial charge in [-0.2, -0.15) is 0 Å². The van der Waals surface area contributed by atoms with Gasteiger partial charge in [0.15, 0.2) is 0 Å². The van der Waals surface area contributed by atoms with Crippen molar-refractivity contribution < 1.29 is 8.42 Å². The molecule has 0 saturated carbocycles. The average Bonchev–Trinajstić information content (AvgIpc) is 2.46. The summed E-state index contributed by atoms with van der Waals surface area (Å²) in [6.45, 7) is 2.28. The van der Waals surface area contributed by atoms with Gasteiger partial charge in [-0.1, -0.05) is 0 Å². The van der Waals surface area contributed by atoms with Gasteiger partial charge in [0.1, 0.15) is 9.84 Å². The molecule has 2 N–H and O–H groups in total. The molecule has 1 unspecified atom stereocenters. The summed E-state index contributed by atoms with van der Waals surface area (Å²) in [4.78, 5) is 2.18. The molecular weight excluding hydrogens is 188 g/mol. The Bertz CT molecular complexity index is 251. The molecule has 0 aromatic rings. The SMILES string of the molecule is CS(=O)(=O)CCN1CCCC1CN. The van der Waals surface area contributed by atoms with Crippen LogP contribution in [0.1, 0.15) is 12.8 Å². The van der Waals surface area contributed by atoms with Crippen LogP contribution in [0.3, 0.4) is 0 Å². The highest BCUT2D eigenvalue weighted by molar-refractivity contribution is 7.90. The summed E-state index contributed by atoms with van der Waals surface area (Å²) < 4.78 is 21.9. The van der Waals surface area contributed by atoms with Crippen LogP contribution in [-0.2, 0) is 9.84 Å². The van der Waals surface area contributed by atoms with Crippen LogP contribution in [-0.4, -0.2) is 51.0 Å². The molecular formula is C8H18N2O2S. The molecule has 0 spiro atoms. The molecule has 1 aliphatic rings. The lowest BCUT2D eigenvalue weighted by atomic mass is 10.2. The predicted molar refractivity (Wildman–Crippen MR) is 53.4 cm³/mol. The van der Waals surface area contributed by atoms with Crippen molar-refractivity contribution in [1.82, 2.24) is 4.90 Å². The second kappa shape index (κ2) is 4.39. The van der Waals surface area contributed by atoms with Crippen molar-refractivity contribution in [2.45, 2.75) is 18.9 Å². The van der Waals surface area contributed by atoms with E-state index in [1.807, 2.05) is 0 Å². The van der Waals surface area contributed by atoms with Crippen LogP contribution < -0.4 is 5.73 Å². The molecule has 0 aliphatic carbocycles. The summed E-state index contributed by atoms with van der Waals surface area (Å²) in [5.74, 6) is 0.253. The molecule has 4 nitrogen and oxygen atoms in total. The molecule has 1 heterocycles. The zero-order chi connectivity index (χ0) is 9.90. The Morgan fingerprint density at radius 1 is 1.54 bits per heavy atom. The van der Waals surface area contributed by atoms with E-state index in [0.717, 1.165) is 19.4 Å². The normalized spacial score (nSPS) is 25.2. The van der Waals surface area contributed by atoms with Crippen LogP contribution in [0.4, 0.5) is 0 Å². The second-order valence-electron chi connectivity index (χ2n) is 3.70. The van der Waals surface area contributed by atoms with Gasteiger partial charge < -0.3 is 5.73 Å². The van der Waals surface area contributed by atoms with Crippen LogP contribution in [0.25, 0.3) is 0 Å². The summed E-state index contributed by atoms with van der Waals surface area (Å²) >= 11 is 0. The van der Waals surface area contributed by atoms with Crippen LogP contribution in [0.5, 0.6) is 0 Å². The maximum Gasteiger partial charge on any atom is 0.148 e. The molecule has 0 amide bonds. The Morgan fingerprint density at radius 3 is 2.77 bits per heavy atom. The first-order valence-electron chi connectivity index (χ1n) is 4.65. The topological polar surface area (TPSA) is 63.4 Å². The number of rotatable bonds is 4. The molecule has 1 saturated heterocycles. The zero-order valence-corrected chi connectivity index (χ0v) is 8.89. The van der Waals surface area contributed by atoms with Crippen LogP contribution in [0, 0.1) is 0 Å². The van der Waals surface area contributed by atoms with Gasteiger partial charge in [-0.15, -0.1) is 0 Å². The standard InChI is InChI=1S/C8H18N2O2S/c1-13(11,12)6-5-10-4-2-3-8(10)7-9/h8H,2-7,9H2,1H3. The number of likely N-dealkylation sites (tertiary alicyclic amines) is 1. The Kier molecular flexibility index (Phi) is 3.70. The van der Waals surface area contributed by atoms with Crippen LogP contribution >= 0.6 is 0 Å². The molecule has 1 atom stereocenters. The quantitative estimate of drug-likeness (QED) is 0.670. The van der Waals surface area contributed by atoms with Gasteiger partial charge in [0.05, 0.1) is 5.75 Å². The minimum Gasteiger partial charge on any atom is -0.329 e. The van der Waals surface area contributed by atoms with Crippen LogP contribution in [0.2, 0.25) is 0 Å². The molecule has 13 heavy (non-hydrogen) atoms. The first kappa shape index (κ1) is 10.9. The largest absolute Gasteiger partial charge is 0.329 e. The molecule has 1 aliphatic heterocycles. The Labute approximate surface area is 80.0 Å². The Morgan fingerprint density at radius 2 is 2.23 bits per heavy atom. The summed E-state index contributed by atoms with van der Waals surface area (Å²) in [7, 11) is -2.83. The highest BCUT2D eigenvalue weighted by Gasteiger charge is 2.23. The third kappa shape index (κ3) is 3.62. The minimum absolute atomic E-state index is 0.253. The van der Waals surface area contributed by atoms with E-state index in [1.54, 1.807) is 0 Å². The monoisotopic (exact) mass is 206 g/mol. The maximum absolute atomic E-state index is 10.9. The number of hydrogen-bond donors (Lipinski definition) is 1. The van der Waals surface area contributed by atoms with Crippen molar-refractivity contribution in [2.24, 2.45) is 5.73 Å². The molecule has 78 valence electrons. The lowest BCUT2D eigenvalue weighted by molar-refractivity contribution is 0.273. The van der Waals surface area contributed by atoms with Crippen molar-refractivity contribution in [1.29, 1.82) is 0 Å². The van der Waals surface area contributed by atoms with Gasteiger partial charge in [0.25, 0.3) is 0 Å². The predicted octanol–water partition coefficient (Wildman–Crippen LogP) is -0.546. The van der Waals surface area contributed by atoms with Gasteiger partial charge in [-0.25, -0.2) is 8.42 Å². The summed E-state index contributed by atoms with van der Waals surface area (Å²) in [5.41, 5.74) is 5.57. The highest BCUT2D eigenvalue weighted by Crippen LogP contribution is 2.15. The van der Waals surface area contributed by atoms with Crippen LogP contribution in [0.15, 0.2) is 0 Å². The highest BCUT2D eigenvalue weighted by atomic mass is 32.2. The fraction of sp³-hybridized carbons (Fsp3) is 1.00. The summed E-state index contributed by atoms with van der Waals surface area (Å²) in [5, 5.41) is 0. The lowest BCUT2D eigenvalue weighted by Crippen LogP contribution is -2.38. The van der Waals surface area contributed by atoms with Crippen molar-refractivity contribution in [3.05, 3.63) is 0 Å². The summed E-state index contributed by atoms with van der Waals surface area (Å²) in [6, 6.07) is 0.404. The first-order chi connectivity index (χ1) is 6.03. The number of sulfone groups is 1. The second-order valence-corrected chi connectivity index (χ2v) is 5.96. The molecule has 0 radical (unpaired) electrons. The fourth-order valence-corrected chi connectivity index (χ4v) is 2.31. The lowest BCUT2D eigenvalue weighted by Gasteiger charge is -2.22. The van der Waals surface area contributed by atoms with Gasteiger partial charge in [0, 0.05) is 25.4 Å². The molecule has 1 rings (SSSR count). The fourth-order valence-electron chi connectivity index (χ4n) is 1.74. The smallest absolute Gasteiger partial charge is 0.148 e. The van der Waals surface area contributed by atoms with Gasteiger partial charge in [-0.05, 0) is 19.4 Å². The van der Waals surface area contributed by atoms with Gasteiger partial charge in [-0.3, -0.25) is 4.90 Å². The third-order valence-corrected chi connectivity index (χ3v) is 3.44. The average molecular weight is 206 g/mol. The van der Waals surface area contributed by atoms with Crippen molar-refractivity contribution in [2.75, 3.05) is 31.6 Å². The first-order valence-corrected chi connectivity index (χ1v) is 6.71. The Hall–Kier alpha value is -0.130. The maximum atomic E-state index is 10.9. The molecule has 0 aromatic heterocycles. The minimum atomic E-state index is -2.83. The van der Waals surface area contributed by atoms with E-state index < -0.39 is 9.84 Å². The Balaban J connectivity index is 2.36. The molecule has 0 bridgehead atoms. The van der Waals surface area contributed by atoms with E-state index in [0.29, 0.717) is 19.1 Å². The van der Waals surface area contributed by atoms with E-state index >= 15 is 0 Å². The van der Waals surface area contributed by atoms with E-state index in [9.17, 15) is 8.42 Å². The van der Waals surface area contributed by atoms with Crippen molar-refractivity contribution in [3.8, 4) is 0 Å². The van der Waals surface area contributed by atoms with E-state index in [-0.39, 0.29) is 5.75 Å². The molecule has 0 aromatic carbocycles. The van der Waals surface area contributed by atoms with E-state index in [4.69, 9.17) is 5.73 Å². The third-order valence-electron chi connectivity index (χ3n) is 2.52. The number of hydrogen-bond acceptors (Lipinski definition) is 4. The number of nitrogens with two attached hydrogens (primary N) is 1. The van der Waals surface area contributed by atoms with Gasteiger partial charge in [0.2, 0.25) is 0 Å². The molecule has 1 fully saturated rings. The van der Waals surface area contributed by atoms with Crippen molar-refractivity contribution >= 4 is 9.84 Å².